The first-order valence-electron chi connectivity index (χ1n) is 2.09. The molecule has 8 heavy (non-hydrogen) atoms. The molecule has 2 N–H and O–H groups in total. The number of ether oxygens (including phenoxy) is 1. The smallest absolute Gasteiger partial charge is 0.329 e. The minimum Gasteiger partial charge on any atom is -0.466 e. The minimum atomic E-state index is -0.394. The van der Waals surface area contributed by atoms with Crippen LogP contribution in [0.3, 0.4) is 0 Å². The molecule has 0 rings (SSSR count). The van der Waals surface area contributed by atoms with Crippen molar-refractivity contribution in [1.29, 1.82) is 0 Å². The molecule has 0 saturated heterocycles. The molecule has 0 atom stereocenters. The van der Waals surface area contributed by atoms with Crippen molar-refractivity contribution in [2.24, 2.45) is 5.73 Å². The molecule has 0 aliphatic carbocycles. The van der Waals surface area contributed by atoms with Crippen LogP contribution in [0.25, 0.3) is 0 Å². The molecule has 0 bridgehead atoms. The first kappa shape index (κ1) is 10.2. The summed E-state index contributed by atoms with van der Waals surface area (Å²) < 4.78 is 4.14. The summed E-state index contributed by atoms with van der Waals surface area (Å²) in [6.07, 6.45) is 1.11. The van der Waals surface area contributed by atoms with Crippen LogP contribution in [0.5, 0.6) is 0 Å². The number of rotatable bonds is 1. The summed E-state index contributed by atoms with van der Waals surface area (Å²) in [5.41, 5.74) is 4.50. The van der Waals surface area contributed by atoms with Crippen molar-refractivity contribution in [2.45, 2.75) is 0 Å². The lowest BCUT2D eigenvalue weighted by molar-refractivity contribution is -0.134. The van der Waals surface area contributed by atoms with Crippen molar-refractivity contribution in [1.82, 2.24) is 0 Å². The van der Waals surface area contributed by atoms with Crippen LogP contribution in [0, 0.1) is 0 Å². The number of nitrogens with two attached hydrogens (primary N) is 1. The van der Waals surface area contributed by atoms with Crippen LogP contribution in [0.4, 0.5) is 0 Å². The van der Waals surface area contributed by atoms with E-state index in [0.717, 1.165) is 6.08 Å². The molecule has 0 spiro atoms. The minimum absolute atomic E-state index is 0.394. The summed E-state index contributed by atoms with van der Waals surface area (Å²) >= 11 is 0. The Labute approximate surface area is 49.1 Å². The van der Waals surface area contributed by atoms with E-state index in [4.69, 9.17) is 0 Å². The molecule has 0 aliphatic heterocycles. The quantitative estimate of drug-likeness (QED) is 0.386. The van der Waals surface area contributed by atoms with Gasteiger partial charge < -0.3 is 10.5 Å². The SMILES string of the molecule is C=CC(=O)OC.CN. The molecular weight excluding hydrogens is 106 g/mol. The molecule has 0 aromatic rings. The summed E-state index contributed by atoms with van der Waals surface area (Å²) in [4.78, 5) is 9.84. The van der Waals surface area contributed by atoms with Gasteiger partial charge in [-0.2, -0.15) is 0 Å². The van der Waals surface area contributed by atoms with Crippen molar-refractivity contribution in [3.63, 3.8) is 0 Å². The molecule has 3 nitrogen and oxygen atoms in total. The zero-order chi connectivity index (χ0) is 6.99. The van der Waals surface area contributed by atoms with Crippen LogP contribution in [0.2, 0.25) is 0 Å². The van der Waals surface area contributed by atoms with E-state index in [-0.39, 0.29) is 0 Å². The van der Waals surface area contributed by atoms with Crippen molar-refractivity contribution < 1.29 is 9.53 Å². The highest BCUT2D eigenvalue weighted by Crippen LogP contribution is 1.67. The molecule has 0 aliphatic rings. The second-order valence-electron chi connectivity index (χ2n) is 0.727. The van der Waals surface area contributed by atoms with E-state index in [1.807, 2.05) is 0 Å². The maximum Gasteiger partial charge on any atom is 0.329 e. The van der Waals surface area contributed by atoms with Gasteiger partial charge in [0.25, 0.3) is 0 Å². The Hall–Kier alpha value is -0.830. The van der Waals surface area contributed by atoms with E-state index in [9.17, 15) is 4.79 Å². The highest BCUT2D eigenvalue weighted by molar-refractivity contribution is 5.80. The van der Waals surface area contributed by atoms with Gasteiger partial charge in [0.05, 0.1) is 7.11 Å². The van der Waals surface area contributed by atoms with Gasteiger partial charge in [0.1, 0.15) is 0 Å². The number of carbonyl (C=O) groups is 1. The van der Waals surface area contributed by atoms with Crippen LogP contribution in [-0.2, 0) is 9.53 Å². The lowest BCUT2D eigenvalue weighted by atomic mass is 10.7. The first-order chi connectivity index (χ1) is 3.81. The largest absolute Gasteiger partial charge is 0.466 e. The van der Waals surface area contributed by atoms with Crippen LogP contribution in [0.15, 0.2) is 12.7 Å². The van der Waals surface area contributed by atoms with Crippen molar-refractivity contribution in [3.05, 3.63) is 12.7 Å². The fourth-order valence-corrected chi connectivity index (χ4v) is 0.0833. The third kappa shape index (κ3) is 8.95. The van der Waals surface area contributed by atoms with Crippen LogP contribution in [-0.4, -0.2) is 20.1 Å². The molecule has 0 saturated carbocycles. The van der Waals surface area contributed by atoms with E-state index in [0.29, 0.717) is 0 Å². The summed E-state index contributed by atoms with van der Waals surface area (Å²) in [5.74, 6) is -0.394. The number of carbonyl (C=O) groups excluding carboxylic acids is 1. The van der Waals surface area contributed by atoms with Gasteiger partial charge in [-0.3, -0.25) is 0 Å². The van der Waals surface area contributed by atoms with Gasteiger partial charge in [-0.15, -0.1) is 0 Å². The Morgan fingerprint density at radius 1 is 1.75 bits per heavy atom. The highest BCUT2D eigenvalue weighted by Gasteiger charge is 1.81. The van der Waals surface area contributed by atoms with E-state index < -0.39 is 5.97 Å². The monoisotopic (exact) mass is 117 g/mol. The number of methoxy groups -OCH3 is 1. The lowest BCUT2D eigenvalue weighted by Gasteiger charge is -1.83. The van der Waals surface area contributed by atoms with Gasteiger partial charge in [0.2, 0.25) is 0 Å². The molecule has 48 valence electrons. The second kappa shape index (κ2) is 9.48. The Balaban J connectivity index is 0. The Kier molecular flexibility index (Phi) is 12.1. The Morgan fingerprint density at radius 3 is 2.12 bits per heavy atom. The second-order valence-corrected chi connectivity index (χ2v) is 0.727. The molecular formula is C5H11NO2. The summed E-state index contributed by atoms with van der Waals surface area (Å²) in [6.45, 7) is 3.16. The number of hydrogen-bond acceptors (Lipinski definition) is 3. The van der Waals surface area contributed by atoms with Gasteiger partial charge in [0.15, 0.2) is 0 Å². The van der Waals surface area contributed by atoms with E-state index >= 15 is 0 Å². The summed E-state index contributed by atoms with van der Waals surface area (Å²) in [6, 6.07) is 0. The predicted molar refractivity (Wildman–Crippen MR) is 32.3 cm³/mol. The topological polar surface area (TPSA) is 52.3 Å². The molecule has 0 fully saturated rings. The van der Waals surface area contributed by atoms with Crippen molar-refractivity contribution in [2.75, 3.05) is 14.2 Å². The highest BCUT2D eigenvalue weighted by atomic mass is 16.5. The average Bonchev–Trinajstić information content (AvgIpc) is 1.91. The normalized spacial score (nSPS) is 5.88. The Morgan fingerprint density at radius 2 is 2.12 bits per heavy atom. The average molecular weight is 117 g/mol. The van der Waals surface area contributed by atoms with Gasteiger partial charge in [-0.05, 0) is 7.05 Å². The number of hydrogen-bond donors (Lipinski definition) is 1. The van der Waals surface area contributed by atoms with Crippen molar-refractivity contribution >= 4 is 5.97 Å². The fraction of sp³-hybridized carbons (Fsp3) is 0.400. The lowest BCUT2D eigenvalue weighted by Crippen LogP contribution is -1.91. The maximum atomic E-state index is 9.84. The third-order valence-corrected chi connectivity index (χ3v) is 0.368. The molecule has 0 aromatic heterocycles. The first-order valence-corrected chi connectivity index (χ1v) is 2.09. The van der Waals surface area contributed by atoms with Crippen LogP contribution >= 0.6 is 0 Å². The molecule has 0 unspecified atom stereocenters. The standard InChI is InChI=1S/C4H6O2.CH5N/c1-3-4(5)6-2;1-2/h3H,1H2,2H3;2H2,1H3. The molecule has 3 heteroatoms. The van der Waals surface area contributed by atoms with Crippen LogP contribution in [0.1, 0.15) is 0 Å². The van der Waals surface area contributed by atoms with E-state index in [1.54, 1.807) is 0 Å². The molecule has 0 radical (unpaired) electrons. The van der Waals surface area contributed by atoms with Gasteiger partial charge in [-0.25, -0.2) is 4.79 Å². The zero-order valence-electron chi connectivity index (χ0n) is 5.18. The Bertz CT molecular complexity index is 70.8. The predicted octanol–water partition coefficient (Wildman–Crippen LogP) is -0.0797. The van der Waals surface area contributed by atoms with Gasteiger partial charge in [-0.1, -0.05) is 6.58 Å². The van der Waals surface area contributed by atoms with Gasteiger partial charge in [0, 0.05) is 6.08 Å². The van der Waals surface area contributed by atoms with Crippen molar-refractivity contribution in [3.8, 4) is 0 Å². The van der Waals surface area contributed by atoms with E-state index in [1.165, 1.54) is 14.2 Å². The number of esters is 1. The maximum absolute atomic E-state index is 9.84. The fourth-order valence-electron chi connectivity index (χ4n) is 0.0833. The molecule has 0 aromatic carbocycles. The zero-order valence-corrected chi connectivity index (χ0v) is 5.18. The van der Waals surface area contributed by atoms with E-state index in [2.05, 4.69) is 17.0 Å². The summed E-state index contributed by atoms with van der Waals surface area (Å²) in [5, 5.41) is 0. The third-order valence-electron chi connectivity index (χ3n) is 0.368. The van der Waals surface area contributed by atoms with Crippen LogP contribution < -0.4 is 5.73 Å². The molecule has 0 heterocycles. The van der Waals surface area contributed by atoms with Gasteiger partial charge >= 0.3 is 5.97 Å². The summed E-state index contributed by atoms with van der Waals surface area (Å²) in [7, 11) is 2.81. The molecule has 0 amide bonds.